The van der Waals surface area contributed by atoms with Crippen LogP contribution >= 0.6 is 0 Å². The molecule has 0 radical (unpaired) electrons. The standard InChI is InChI=1S/C11H14N6O2/c1-16-8-7(4-15-16)9(14-6-13-8)17-3-2-11(12,5-17)10(18)19/h4,6H,2-3,5,12H2,1H3,(H,18,19). The molecule has 3 N–H and O–H groups in total. The summed E-state index contributed by atoms with van der Waals surface area (Å²) < 4.78 is 1.66. The Morgan fingerprint density at radius 1 is 1.53 bits per heavy atom. The molecule has 0 spiro atoms. The predicted octanol–water partition coefficient (Wildman–Crippen LogP) is -0.644. The number of aromatic nitrogens is 4. The van der Waals surface area contributed by atoms with Crippen molar-refractivity contribution in [2.75, 3.05) is 18.0 Å². The Bertz CT molecular complexity index is 654. The summed E-state index contributed by atoms with van der Waals surface area (Å²) in [6, 6.07) is 0. The third kappa shape index (κ3) is 1.72. The molecule has 0 aromatic carbocycles. The fourth-order valence-electron chi connectivity index (χ4n) is 2.39. The van der Waals surface area contributed by atoms with Crippen molar-refractivity contribution in [3.63, 3.8) is 0 Å². The van der Waals surface area contributed by atoms with Gasteiger partial charge < -0.3 is 15.7 Å². The number of carbonyl (C=O) groups is 1. The van der Waals surface area contributed by atoms with Gasteiger partial charge in [0.05, 0.1) is 11.6 Å². The van der Waals surface area contributed by atoms with E-state index in [9.17, 15) is 4.79 Å². The van der Waals surface area contributed by atoms with E-state index in [4.69, 9.17) is 10.8 Å². The van der Waals surface area contributed by atoms with Gasteiger partial charge in [-0.05, 0) is 6.42 Å². The van der Waals surface area contributed by atoms with Crippen LogP contribution in [0, 0.1) is 0 Å². The van der Waals surface area contributed by atoms with E-state index in [1.807, 2.05) is 4.90 Å². The first-order chi connectivity index (χ1) is 9.01. The number of aryl methyl sites for hydroxylation is 1. The van der Waals surface area contributed by atoms with E-state index in [1.54, 1.807) is 17.9 Å². The fraction of sp³-hybridized carbons (Fsp3) is 0.455. The lowest BCUT2D eigenvalue weighted by Crippen LogP contribution is -2.50. The summed E-state index contributed by atoms with van der Waals surface area (Å²) in [5, 5.41) is 14.1. The number of aliphatic carboxylic acids is 1. The van der Waals surface area contributed by atoms with Gasteiger partial charge in [-0.15, -0.1) is 0 Å². The average Bonchev–Trinajstić information content (AvgIpc) is 2.95. The molecule has 1 aliphatic heterocycles. The van der Waals surface area contributed by atoms with Gasteiger partial charge in [0.15, 0.2) is 5.65 Å². The van der Waals surface area contributed by atoms with Crippen molar-refractivity contribution in [3.05, 3.63) is 12.5 Å². The minimum Gasteiger partial charge on any atom is -0.480 e. The van der Waals surface area contributed by atoms with Crippen LogP contribution in [0.2, 0.25) is 0 Å². The van der Waals surface area contributed by atoms with Crippen LogP contribution in [-0.2, 0) is 11.8 Å². The molecule has 8 heteroatoms. The highest BCUT2D eigenvalue weighted by molar-refractivity contribution is 5.88. The molecular weight excluding hydrogens is 248 g/mol. The quantitative estimate of drug-likeness (QED) is 0.740. The van der Waals surface area contributed by atoms with Gasteiger partial charge in [-0.25, -0.2) is 9.97 Å². The summed E-state index contributed by atoms with van der Waals surface area (Å²) >= 11 is 0. The van der Waals surface area contributed by atoms with Crippen molar-refractivity contribution < 1.29 is 9.90 Å². The molecule has 0 bridgehead atoms. The second-order valence-electron chi connectivity index (χ2n) is 4.84. The van der Waals surface area contributed by atoms with Crippen LogP contribution in [0.25, 0.3) is 11.0 Å². The van der Waals surface area contributed by atoms with Gasteiger partial charge in [-0.2, -0.15) is 5.10 Å². The van der Waals surface area contributed by atoms with E-state index in [1.165, 1.54) is 6.33 Å². The Morgan fingerprint density at radius 2 is 2.32 bits per heavy atom. The van der Waals surface area contributed by atoms with Crippen molar-refractivity contribution in [1.82, 2.24) is 19.7 Å². The Balaban J connectivity index is 2.00. The Morgan fingerprint density at radius 3 is 3.00 bits per heavy atom. The largest absolute Gasteiger partial charge is 0.480 e. The van der Waals surface area contributed by atoms with Gasteiger partial charge >= 0.3 is 5.97 Å². The van der Waals surface area contributed by atoms with Crippen molar-refractivity contribution in [3.8, 4) is 0 Å². The molecule has 1 unspecified atom stereocenters. The zero-order chi connectivity index (χ0) is 13.6. The molecule has 1 fully saturated rings. The first-order valence-corrected chi connectivity index (χ1v) is 5.91. The van der Waals surface area contributed by atoms with Crippen LogP contribution in [0.4, 0.5) is 5.82 Å². The molecule has 8 nitrogen and oxygen atoms in total. The van der Waals surface area contributed by atoms with Crippen LogP contribution in [0.15, 0.2) is 12.5 Å². The molecule has 0 amide bonds. The second kappa shape index (κ2) is 3.89. The van der Waals surface area contributed by atoms with Crippen molar-refractivity contribution >= 4 is 22.8 Å². The highest BCUT2D eigenvalue weighted by Gasteiger charge is 2.42. The predicted molar refractivity (Wildman–Crippen MR) is 67.7 cm³/mol. The maximum atomic E-state index is 11.2. The van der Waals surface area contributed by atoms with Crippen LogP contribution < -0.4 is 10.6 Å². The smallest absolute Gasteiger partial charge is 0.325 e. The van der Waals surface area contributed by atoms with E-state index < -0.39 is 11.5 Å². The van der Waals surface area contributed by atoms with Crippen LogP contribution in [0.1, 0.15) is 6.42 Å². The average molecular weight is 262 g/mol. The summed E-state index contributed by atoms with van der Waals surface area (Å²) in [4.78, 5) is 21.4. The fourth-order valence-corrected chi connectivity index (χ4v) is 2.39. The number of rotatable bonds is 2. The van der Waals surface area contributed by atoms with Crippen LogP contribution in [0.3, 0.4) is 0 Å². The number of anilines is 1. The van der Waals surface area contributed by atoms with Gasteiger partial charge in [-0.1, -0.05) is 0 Å². The number of carboxylic acids is 1. The van der Waals surface area contributed by atoms with E-state index in [-0.39, 0.29) is 6.54 Å². The highest BCUT2D eigenvalue weighted by Crippen LogP contribution is 2.28. The zero-order valence-electron chi connectivity index (χ0n) is 10.4. The van der Waals surface area contributed by atoms with E-state index in [0.717, 1.165) is 11.0 Å². The number of nitrogens with two attached hydrogens (primary N) is 1. The molecule has 2 aromatic heterocycles. The summed E-state index contributed by atoms with van der Waals surface area (Å²) in [6.45, 7) is 0.799. The Labute approximate surface area is 108 Å². The third-order valence-electron chi connectivity index (χ3n) is 3.53. The first kappa shape index (κ1) is 11.8. The monoisotopic (exact) mass is 262 g/mol. The molecule has 2 aromatic rings. The lowest BCUT2D eigenvalue weighted by molar-refractivity contribution is -0.142. The normalized spacial score (nSPS) is 23.2. The SMILES string of the molecule is Cn1ncc2c(N3CCC(N)(C(=O)O)C3)ncnc21. The van der Waals surface area contributed by atoms with Crippen molar-refractivity contribution in [2.24, 2.45) is 12.8 Å². The number of carboxylic acid groups (broad SMARTS) is 1. The molecule has 1 saturated heterocycles. The molecule has 0 saturated carbocycles. The van der Waals surface area contributed by atoms with E-state index in [0.29, 0.717) is 18.8 Å². The topological polar surface area (TPSA) is 110 Å². The molecular formula is C11H14N6O2. The Hall–Kier alpha value is -2.22. The molecule has 3 rings (SSSR count). The second-order valence-corrected chi connectivity index (χ2v) is 4.84. The highest BCUT2D eigenvalue weighted by atomic mass is 16.4. The lowest BCUT2D eigenvalue weighted by atomic mass is 10.0. The first-order valence-electron chi connectivity index (χ1n) is 5.91. The number of hydrogen-bond donors (Lipinski definition) is 2. The minimum atomic E-state index is -1.21. The maximum Gasteiger partial charge on any atom is 0.325 e. The molecule has 0 aliphatic carbocycles. The zero-order valence-corrected chi connectivity index (χ0v) is 10.4. The molecule has 1 atom stereocenters. The lowest BCUT2D eigenvalue weighted by Gasteiger charge is -2.21. The van der Waals surface area contributed by atoms with Crippen molar-refractivity contribution in [2.45, 2.75) is 12.0 Å². The summed E-state index contributed by atoms with van der Waals surface area (Å²) in [7, 11) is 1.80. The molecule has 100 valence electrons. The molecule has 19 heavy (non-hydrogen) atoms. The van der Waals surface area contributed by atoms with Gasteiger partial charge in [0, 0.05) is 20.1 Å². The number of hydrogen-bond acceptors (Lipinski definition) is 6. The Kier molecular flexibility index (Phi) is 2.42. The maximum absolute atomic E-state index is 11.2. The van der Waals surface area contributed by atoms with Gasteiger partial charge in [0.25, 0.3) is 0 Å². The number of fused-ring (bicyclic) bond motifs is 1. The minimum absolute atomic E-state index is 0.239. The van der Waals surface area contributed by atoms with Gasteiger partial charge in [-0.3, -0.25) is 9.48 Å². The van der Waals surface area contributed by atoms with Crippen LogP contribution in [-0.4, -0.2) is 49.5 Å². The summed E-state index contributed by atoms with van der Waals surface area (Å²) in [5.74, 6) is -0.293. The van der Waals surface area contributed by atoms with E-state index >= 15 is 0 Å². The number of nitrogens with zero attached hydrogens (tertiary/aromatic N) is 5. The van der Waals surface area contributed by atoms with Gasteiger partial charge in [0.2, 0.25) is 0 Å². The third-order valence-corrected chi connectivity index (χ3v) is 3.53. The molecule has 1 aliphatic rings. The summed E-state index contributed by atoms with van der Waals surface area (Å²) in [6.07, 6.45) is 3.53. The van der Waals surface area contributed by atoms with Crippen molar-refractivity contribution in [1.29, 1.82) is 0 Å². The summed E-state index contributed by atoms with van der Waals surface area (Å²) in [5.41, 5.74) is 5.38. The van der Waals surface area contributed by atoms with Crippen LogP contribution in [0.5, 0.6) is 0 Å². The molecule has 3 heterocycles. The van der Waals surface area contributed by atoms with Gasteiger partial charge in [0.1, 0.15) is 17.7 Å². The van der Waals surface area contributed by atoms with E-state index in [2.05, 4.69) is 15.1 Å².